The number of carbonyl (C=O) groups is 1. The van der Waals surface area contributed by atoms with Gasteiger partial charge in [-0.05, 0) is 6.42 Å². The molecule has 0 aromatic rings. The Labute approximate surface area is 87.5 Å². The minimum Gasteiger partial charge on any atom is -0.512 e. The first-order valence-electron chi connectivity index (χ1n) is 4.76. The highest BCUT2D eigenvalue weighted by Crippen LogP contribution is 2.30. The fourth-order valence-corrected chi connectivity index (χ4v) is 2.90. The molecule has 4 nitrogen and oxygen atoms in total. The van der Waals surface area contributed by atoms with Crippen LogP contribution in [0.25, 0.3) is 0 Å². The van der Waals surface area contributed by atoms with Crippen molar-refractivity contribution in [1.29, 1.82) is 0 Å². The molecule has 78 valence electrons. The van der Waals surface area contributed by atoms with Crippen molar-refractivity contribution in [2.75, 3.05) is 13.6 Å². The number of allylic oxidation sites excluding steroid dienone is 1. The Kier molecular flexibility index (Phi) is 2.80. The Morgan fingerprint density at radius 3 is 2.93 bits per heavy atom. The summed E-state index contributed by atoms with van der Waals surface area (Å²) in [5.41, 5.74) is 0.637. The van der Waals surface area contributed by atoms with Gasteiger partial charge in [0.25, 0.3) is 0 Å². The highest BCUT2D eigenvalue weighted by Gasteiger charge is 2.32. The Balaban J connectivity index is 2.18. The van der Waals surface area contributed by atoms with E-state index in [1.54, 1.807) is 0 Å². The lowest BCUT2D eigenvalue weighted by molar-refractivity contribution is -0.116. The van der Waals surface area contributed by atoms with E-state index < -0.39 is 0 Å². The fraction of sp³-hybridized carbons (Fsp3) is 0.667. The molecule has 0 spiro atoms. The van der Waals surface area contributed by atoms with Gasteiger partial charge in [0.15, 0.2) is 5.78 Å². The van der Waals surface area contributed by atoms with Crippen LogP contribution < -0.4 is 4.83 Å². The zero-order valence-electron chi connectivity index (χ0n) is 8.12. The molecular weight excluding hydrogens is 200 g/mol. The summed E-state index contributed by atoms with van der Waals surface area (Å²) in [5.74, 6) is 0.416. The van der Waals surface area contributed by atoms with E-state index in [0.29, 0.717) is 24.2 Å². The average Bonchev–Trinajstić information content (AvgIpc) is 2.51. The Morgan fingerprint density at radius 2 is 2.36 bits per heavy atom. The number of hydrogen-bond acceptors (Lipinski definition) is 5. The molecule has 1 atom stereocenters. The quantitative estimate of drug-likeness (QED) is 0.638. The van der Waals surface area contributed by atoms with E-state index in [4.69, 9.17) is 0 Å². The summed E-state index contributed by atoms with van der Waals surface area (Å²) in [5, 5.41) is 11.7. The number of Topliss-reactive ketones (excluding diaryl/α,β-unsaturated/α-hetero) is 1. The van der Waals surface area contributed by atoms with Gasteiger partial charge in [0.05, 0.1) is 5.25 Å². The van der Waals surface area contributed by atoms with Gasteiger partial charge in [0, 0.05) is 32.0 Å². The zero-order valence-corrected chi connectivity index (χ0v) is 8.93. The summed E-state index contributed by atoms with van der Waals surface area (Å²) in [6.45, 7) is 0.774. The van der Waals surface area contributed by atoms with E-state index >= 15 is 0 Å². The van der Waals surface area contributed by atoms with Crippen LogP contribution in [0.5, 0.6) is 0 Å². The molecule has 0 saturated carbocycles. The second-order valence-corrected chi connectivity index (χ2v) is 4.70. The van der Waals surface area contributed by atoms with E-state index in [1.807, 2.05) is 12.1 Å². The minimum absolute atomic E-state index is 0.0906. The Hall–Kier alpha value is -0.520. The van der Waals surface area contributed by atoms with Crippen LogP contribution >= 0.6 is 11.9 Å². The molecule has 5 heteroatoms. The van der Waals surface area contributed by atoms with Crippen LogP contribution in [0.1, 0.15) is 19.3 Å². The maximum Gasteiger partial charge on any atom is 0.163 e. The van der Waals surface area contributed by atoms with Gasteiger partial charge in [-0.25, -0.2) is 5.01 Å². The first-order chi connectivity index (χ1) is 6.68. The third kappa shape index (κ3) is 1.80. The molecular formula is C9H14N2O2S. The highest BCUT2D eigenvalue weighted by molar-refractivity contribution is 7.98. The van der Waals surface area contributed by atoms with Crippen molar-refractivity contribution < 1.29 is 9.90 Å². The van der Waals surface area contributed by atoms with Crippen LogP contribution in [0.15, 0.2) is 11.3 Å². The Morgan fingerprint density at radius 1 is 1.57 bits per heavy atom. The molecule has 1 heterocycles. The van der Waals surface area contributed by atoms with Gasteiger partial charge in [-0.2, -0.15) is 4.83 Å². The number of hydrogen-bond donors (Lipinski definition) is 2. The SMILES string of the molecule is CN1CC(C2=C(O)CCCC2=O)SN1. The summed E-state index contributed by atoms with van der Waals surface area (Å²) in [7, 11) is 1.93. The van der Waals surface area contributed by atoms with Crippen molar-refractivity contribution in [2.45, 2.75) is 24.5 Å². The number of hydrazine groups is 1. The first-order valence-corrected chi connectivity index (χ1v) is 5.64. The number of ketones is 1. The van der Waals surface area contributed by atoms with Crippen molar-refractivity contribution in [3.63, 3.8) is 0 Å². The van der Waals surface area contributed by atoms with Crippen molar-refractivity contribution >= 4 is 17.7 Å². The number of nitrogens with one attached hydrogen (secondary N) is 1. The van der Waals surface area contributed by atoms with E-state index in [2.05, 4.69) is 4.83 Å². The lowest BCUT2D eigenvalue weighted by Crippen LogP contribution is -2.26. The first kappa shape index (κ1) is 10.0. The van der Waals surface area contributed by atoms with Crippen molar-refractivity contribution in [3.05, 3.63) is 11.3 Å². The summed E-state index contributed by atoms with van der Waals surface area (Å²) in [6.07, 6.45) is 2.02. The molecule has 0 radical (unpaired) electrons. The fourth-order valence-electron chi connectivity index (χ4n) is 1.84. The summed E-state index contributed by atoms with van der Waals surface area (Å²) < 4.78 is 0. The van der Waals surface area contributed by atoms with E-state index in [0.717, 1.165) is 13.0 Å². The standard InChI is InChI=1S/C9H14N2O2S/c1-11-5-8(14-10-11)9-6(12)3-2-4-7(9)13/h8,10,12H,2-5H2,1H3. The maximum atomic E-state index is 11.6. The van der Waals surface area contributed by atoms with E-state index in [-0.39, 0.29) is 11.0 Å². The van der Waals surface area contributed by atoms with Crippen LogP contribution in [-0.4, -0.2) is 34.7 Å². The molecule has 0 aromatic heterocycles. The van der Waals surface area contributed by atoms with Crippen LogP contribution in [0, 0.1) is 0 Å². The van der Waals surface area contributed by atoms with E-state index in [1.165, 1.54) is 11.9 Å². The monoisotopic (exact) mass is 214 g/mol. The molecule has 1 aliphatic carbocycles. The third-order valence-electron chi connectivity index (χ3n) is 2.54. The predicted molar refractivity (Wildman–Crippen MR) is 55.7 cm³/mol. The zero-order chi connectivity index (χ0) is 10.1. The van der Waals surface area contributed by atoms with Gasteiger partial charge in [-0.3, -0.25) is 4.79 Å². The van der Waals surface area contributed by atoms with Gasteiger partial charge in [-0.15, -0.1) is 0 Å². The molecule has 0 bridgehead atoms. The number of rotatable bonds is 1. The average molecular weight is 214 g/mol. The van der Waals surface area contributed by atoms with Gasteiger partial charge in [0.2, 0.25) is 0 Å². The molecule has 1 aliphatic heterocycles. The minimum atomic E-state index is 0.0906. The van der Waals surface area contributed by atoms with Gasteiger partial charge < -0.3 is 5.11 Å². The van der Waals surface area contributed by atoms with Gasteiger partial charge >= 0.3 is 0 Å². The van der Waals surface area contributed by atoms with E-state index in [9.17, 15) is 9.90 Å². The molecule has 1 saturated heterocycles. The van der Waals surface area contributed by atoms with Crippen LogP contribution in [0.3, 0.4) is 0 Å². The molecule has 2 aliphatic rings. The maximum absolute atomic E-state index is 11.6. The molecule has 2 rings (SSSR count). The summed E-state index contributed by atoms with van der Waals surface area (Å²) in [4.78, 5) is 14.7. The molecule has 2 N–H and O–H groups in total. The third-order valence-corrected chi connectivity index (χ3v) is 3.63. The molecule has 0 aromatic carbocycles. The summed E-state index contributed by atoms with van der Waals surface area (Å²) >= 11 is 1.50. The van der Waals surface area contributed by atoms with Crippen LogP contribution in [-0.2, 0) is 4.79 Å². The van der Waals surface area contributed by atoms with Gasteiger partial charge in [-0.1, -0.05) is 11.9 Å². The summed E-state index contributed by atoms with van der Waals surface area (Å²) in [6, 6.07) is 0. The number of aliphatic hydroxyl groups is 1. The largest absolute Gasteiger partial charge is 0.512 e. The smallest absolute Gasteiger partial charge is 0.163 e. The van der Waals surface area contributed by atoms with Crippen molar-refractivity contribution in [2.24, 2.45) is 0 Å². The second kappa shape index (κ2) is 3.92. The normalized spacial score (nSPS) is 30.1. The lowest BCUT2D eigenvalue weighted by atomic mass is 9.94. The molecule has 1 unspecified atom stereocenters. The number of carbonyl (C=O) groups excluding carboxylic acids is 1. The number of aliphatic hydroxyl groups excluding tert-OH is 1. The number of nitrogens with zero attached hydrogens (tertiary/aromatic N) is 1. The van der Waals surface area contributed by atoms with Crippen LogP contribution in [0.4, 0.5) is 0 Å². The highest BCUT2D eigenvalue weighted by atomic mass is 32.2. The van der Waals surface area contributed by atoms with Crippen LogP contribution in [0.2, 0.25) is 0 Å². The van der Waals surface area contributed by atoms with Crippen molar-refractivity contribution in [1.82, 2.24) is 9.84 Å². The Bertz CT molecular complexity index is 291. The van der Waals surface area contributed by atoms with Crippen molar-refractivity contribution in [3.8, 4) is 0 Å². The second-order valence-electron chi connectivity index (χ2n) is 3.72. The topological polar surface area (TPSA) is 52.6 Å². The lowest BCUT2D eigenvalue weighted by Gasteiger charge is -2.18. The van der Waals surface area contributed by atoms with Gasteiger partial charge in [0.1, 0.15) is 5.76 Å². The predicted octanol–water partition coefficient (Wildman–Crippen LogP) is 1.02. The molecule has 14 heavy (non-hydrogen) atoms. The molecule has 1 fully saturated rings. The molecule has 0 amide bonds.